The molecule has 0 N–H and O–H groups in total. The number of aromatic nitrogens is 1. The van der Waals surface area contributed by atoms with E-state index < -0.39 is 0 Å². The fraction of sp³-hybridized carbons (Fsp3) is 0.600. The smallest absolute Gasteiger partial charge is 0.254 e. The molecule has 20 heavy (non-hydrogen) atoms. The molecule has 108 valence electrons. The highest BCUT2D eigenvalue weighted by molar-refractivity contribution is 5.94. The maximum Gasteiger partial charge on any atom is 0.254 e. The number of carbonyl (C=O) groups excluding carboxylic acids is 1. The van der Waals surface area contributed by atoms with Gasteiger partial charge in [-0.15, -0.1) is 0 Å². The molecule has 0 radical (unpaired) electrons. The summed E-state index contributed by atoms with van der Waals surface area (Å²) >= 11 is 0. The van der Waals surface area contributed by atoms with Crippen LogP contribution in [0.2, 0.25) is 0 Å². The molecule has 0 unspecified atom stereocenters. The Kier molecular flexibility index (Phi) is 3.98. The van der Waals surface area contributed by atoms with E-state index in [-0.39, 0.29) is 5.91 Å². The number of amides is 1. The van der Waals surface area contributed by atoms with Gasteiger partial charge in [0.1, 0.15) is 0 Å². The van der Waals surface area contributed by atoms with Crippen LogP contribution in [0.4, 0.5) is 0 Å². The summed E-state index contributed by atoms with van der Waals surface area (Å²) in [6, 6.07) is 3.99. The van der Waals surface area contributed by atoms with Gasteiger partial charge in [-0.2, -0.15) is 0 Å². The normalized spacial score (nSPS) is 27.8. The maximum absolute atomic E-state index is 12.5. The van der Waals surface area contributed by atoms with E-state index in [1.54, 1.807) is 24.5 Å². The van der Waals surface area contributed by atoms with Crippen molar-refractivity contribution in [3.05, 3.63) is 30.1 Å². The van der Waals surface area contributed by atoms with E-state index in [1.807, 2.05) is 4.90 Å². The summed E-state index contributed by atoms with van der Waals surface area (Å²) in [5.41, 5.74) is 0.728. The Balaban J connectivity index is 1.72. The molecule has 3 rings (SSSR count). The highest BCUT2D eigenvalue weighted by Crippen LogP contribution is 2.25. The minimum Gasteiger partial charge on any atom is -0.380 e. The standard InChI is InChI=1S/C15H21N3O2/c1-17-8-9-20-11-13-4-7-18(10-14(13)17)15(19)12-2-5-16-6-3-12/h2-3,5-6,13-14H,4,7-11H2,1H3/t13-,14-/m1/s1. The number of likely N-dealkylation sites (tertiary alicyclic amines) is 1. The third-order valence-corrected chi connectivity index (χ3v) is 4.42. The first-order valence-electron chi connectivity index (χ1n) is 7.23. The molecular formula is C15H21N3O2. The first kappa shape index (κ1) is 13.5. The molecule has 2 saturated heterocycles. The van der Waals surface area contributed by atoms with E-state index >= 15 is 0 Å². The van der Waals surface area contributed by atoms with Crippen LogP contribution in [0.5, 0.6) is 0 Å². The number of ether oxygens (including phenoxy) is 1. The molecule has 2 atom stereocenters. The van der Waals surface area contributed by atoms with Gasteiger partial charge < -0.3 is 9.64 Å². The number of hydrogen-bond acceptors (Lipinski definition) is 4. The van der Waals surface area contributed by atoms with E-state index in [0.717, 1.165) is 44.8 Å². The summed E-state index contributed by atoms with van der Waals surface area (Å²) in [5, 5.41) is 0. The summed E-state index contributed by atoms with van der Waals surface area (Å²) in [6.45, 7) is 4.18. The van der Waals surface area contributed by atoms with Gasteiger partial charge in [0, 0.05) is 49.6 Å². The summed E-state index contributed by atoms with van der Waals surface area (Å²) in [6.07, 6.45) is 4.36. The third kappa shape index (κ3) is 2.69. The van der Waals surface area contributed by atoms with Gasteiger partial charge >= 0.3 is 0 Å². The molecule has 1 amide bonds. The molecule has 1 aromatic heterocycles. The number of likely N-dealkylation sites (N-methyl/N-ethyl adjacent to an activating group) is 1. The minimum absolute atomic E-state index is 0.115. The predicted molar refractivity (Wildman–Crippen MR) is 75.5 cm³/mol. The Hall–Kier alpha value is -1.46. The Bertz CT molecular complexity index is 465. The van der Waals surface area contributed by atoms with Crippen LogP contribution < -0.4 is 0 Å². The molecule has 5 nitrogen and oxygen atoms in total. The van der Waals surface area contributed by atoms with Crippen LogP contribution >= 0.6 is 0 Å². The van der Waals surface area contributed by atoms with Crippen LogP contribution in [-0.2, 0) is 4.74 Å². The molecule has 1 aromatic rings. The number of nitrogens with zero attached hydrogens (tertiary/aromatic N) is 3. The first-order chi connectivity index (χ1) is 9.75. The second kappa shape index (κ2) is 5.89. The van der Waals surface area contributed by atoms with Gasteiger partial charge in [0.2, 0.25) is 0 Å². The summed E-state index contributed by atoms with van der Waals surface area (Å²) in [7, 11) is 2.13. The quantitative estimate of drug-likeness (QED) is 0.763. The van der Waals surface area contributed by atoms with Gasteiger partial charge in [-0.05, 0) is 25.6 Å². The van der Waals surface area contributed by atoms with Gasteiger partial charge in [-0.3, -0.25) is 14.7 Å². The van der Waals surface area contributed by atoms with Crippen molar-refractivity contribution < 1.29 is 9.53 Å². The molecule has 0 saturated carbocycles. The number of rotatable bonds is 1. The van der Waals surface area contributed by atoms with Crippen molar-refractivity contribution in [2.75, 3.05) is 39.9 Å². The zero-order valence-electron chi connectivity index (χ0n) is 11.9. The monoisotopic (exact) mass is 275 g/mol. The molecule has 0 aromatic carbocycles. The third-order valence-electron chi connectivity index (χ3n) is 4.42. The fourth-order valence-corrected chi connectivity index (χ4v) is 3.14. The van der Waals surface area contributed by atoms with Crippen molar-refractivity contribution in [2.24, 2.45) is 5.92 Å². The molecule has 0 spiro atoms. The molecule has 2 fully saturated rings. The summed E-state index contributed by atoms with van der Waals surface area (Å²) in [5.74, 6) is 0.661. The number of carbonyl (C=O) groups is 1. The molecule has 0 bridgehead atoms. The van der Waals surface area contributed by atoms with Crippen molar-refractivity contribution >= 4 is 5.91 Å². The Morgan fingerprint density at radius 2 is 2.15 bits per heavy atom. The first-order valence-corrected chi connectivity index (χ1v) is 7.23. The molecule has 5 heteroatoms. The number of pyridine rings is 1. The van der Waals surface area contributed by atoms with Crippen LogP contribution in [0.1, 0.15) is 16.8 Å². The van der Waals surface area contributed by atoms with Crippen molar-refractivity contribution in [1.29, 1.82) is 0 Å². The number of hydrogen-bond donors (Lipinski definition) is 0. The van der Waals surface area contributed by atoms with Crippen LogP contribution in [0.3, 0.4) is 0 Å². The second-order valence-electron chi connectivity index (χ2n) is 5.66. The lowest BCUT2D eigenvalue weighted by Gasteiger charge is -2.41. The summed E-state index contributed by atoms with van der Waals surface area (Å²) in [4.78, 5) is 20.8. The van der Waals surface area contributed by atoms with Crippen LogP contribution in [-0.4, -0.2) is 66.6 Å². The average Bonchev–Trinajstić information content (AvgIpc) is 2.69. The van der Waals surface area contributed by atoms with Crippen molar-refractivity contribution in [1.82, 2.24) is 14.8 Å². The highest BCUT2D eigenvalue weighted by atomic mass is 16.5. The molecule has 0 aliphatic carbocycles. The molecule has 3 heterocycles. The van der Waals surface area contributed by atoms with Gasteiger partial charge in [0.15, 0.2) is 0 Å². The second-order valence-corrected chi connectivity index (χ2v) is 5.66. The van der Waals surface area contributed by atoms with E-state index in [0.29, 0.717) is 12.0 Å². The number of fused-ring (bicyclic) bond motifs is 1. The minimum atomic E-state index is 0.115. The fourth-order valence-electron chi connectivity index (χ4n) is 3.14. The Labute approximate surface area is 119 Å². The van der Waals surface area contributed by atoms with Crippen molar-refractivity contribution in [2.45, 2.75) is 12.5 Å². The van der Waals surface area contributed by atoms with Gasteiger partial charge in [0.05, 0.1) is 13.2 Å². The lowest BCUT2D eigenvalue weighted by atomic mass is 9.91. The van der Waals surface area contributed by atoms with E-state index in [4.69, 9.17) is 4.74 Å². The SMILES string of the molecule is CN1CCOC[C@H]2CCN(C(=O)c3ccncc3)C[C@H]21. The molecule has 2 aliphatic rings. The lowest BCUT2D eigenvalue weighted by molar-refractivity contribution is 0.0433. The van der Waals surface area contributed by atoms with Gasteiger partial charge in [-0.1, -0.05) is 0 Å². The maximum atomic E-state index is 12.5. The van der Waals surface area contributed by atoms with Crippen LogP contribution in [0.25, 0.3) is 0 Å². The Morgan fingerprint density at radius 1 is 1.35 bits per heavy atom. The summed E-state index contributed by atoms with van der Waals surface area (Å²) < 4.78 is 5.66. The zero-order chi connectivity index (χ0) is 13.9. The van der Waals surface area contributed by atoms with E-state index in [9.17, 15) is 4.79 Å². The highest BCUT2D eigenvalue weighted by Gasteiger charge is 2.35. The van der Waals surface area contributed by atoms with Gasteiger partial charge in [-0.25, -0.2) is 0 Å². The molecule has 2 aliphatic heterocycles. The van der Waals surface area contributed by atoms with E-state index in [1.165, 1.54) is 0 Å². The molecular weight excluding hydrogens is 254 g/mol. The van der Waals surface area contributed by atoms with Crippen LogP contribution in [0.15, 0.2) is 24.5 Å². The number of piperidine rings is 1. The predicted octanol–water partition coefficient (Wildman–Crippen LogP) is 0.874. The largest absolute Gasteiger partial charge is 0.380 e. The van der Waals surface area contributed by atoms with E-state index in [2.05, 4.69) is 16.9 Å². The average molecular weight is 275 g/mol. The zero-order valence-corrected chi connectivity index (χ0v) is 11.9. The Morgan fingerprint density at radius 3 is 2.95 bits per heavy atom. The van der Waals surface area contributed by atoms with Crippen molar-refractivity contribution in [3.63, 3.8) is 0 Å². The van der Waals surface area contributed by atoms with Crippen molar-refractivity contribution in [3.8, 4) is 0 Å². The van der Waals surface area contributed by atoms with Crippen LogP contribution in [0, 0.1) is 5.92 Å². The van der Waals surface area contributed by atoms with Gasteiger partial charge in [0.25, 0.3) is 5.91 Å². The lowest BCUT2D eigenvalue weighted by Crippen LogP contribution is -2.53. The topological polar surface area (TPSA) is 45.7 Å².